The van der Waals surface area contributed by atoms with Crippen molar-refractivity contribution in [2.75, 3.05) is 19.8 Å². The molecule has 2 unspecified atom stereocenters. The molecule has 2 bridgehead atoms. The van der Waals surface area contributed by atoms with Gasteiger partial charge >= 0.3 is 6.09 Å². The fourth-order valence-electron chi connectivity index (χ4n) is 5.79. The number of nitrogens with zero attached hydrogens (tertiary/aromatic N) is 2. The number of piperidine rings is 1. The van der Waals surface area contributed by atoms with Crippen molar-refractivity contribution in [3.8, 4) is 11.1 Å². The minimum absolute atomic E-state index is 0.0210. The fourth-order valence-corrected chi connectivity index (χ4v) is 5.79. The molecule has 6 nitrogen and oxygen atoms in total. The average Bonchev–Trinajstić information content (AvgIpc) is 3.16. The van der Waals surface area contributed by atoms with Gasteiger partial charge in [-0.2, -0.15) is 0 Å². The summed E-state index contributed by atoms with van der Waals surface area (Å²) in [5, 5.41) is 11.4. The molecule has 168 valence electrons. The van der Waals surface area contributed by atoms with Crippen LogP contribution in [0, 0.1) is 0 Å². The van der Waals surface area contributed by atoms with Crippen LogP contribution in [0.2, 0.25) is 0 Å². The van der Waals surface area contributed by atoms with E-state index in [4.69, 9.17) is 9.47 Å². The van der Waals surface area contributed by atoms with Crippen LogP contribution in [-0.2, 0) is 15.1 Å². The van der Waals surface area contributed by atoms with Gasteiger partial charge in [0, 0.05) is 25.0 Å². The Bertz CT molecular complexity index is 1120. The van der Waals surface area contributed by atoms with Crippen LogP contribution in [0.1, 0.15) is 35.6 Å². The van der Waals surface area contributed by atoms with E-state index in [1.807, 2.05) is 42.5 Å². The van der Waals surface area contributed by atoms with Crippen LogP contribution < -0.4 is 0 Å². The van der Waals surface area contributed by atoms with Crippen molar-refractivity contribution in [2.24, 2.45) is 0 Å². The molecule has 3 heterocycles. The van der Waals surface area contributed by atoms with Crippen molar-refractivity contribution in [2.45, 2.75) is 36.4 Å². The Labute approximate surface area is 192 Å². The third kappa shape index (κ3) is 3.41. The largest absolute Gasteiger partial charge is 0.448 e. The standard InChI is InChI=1S/C27H26N2O4/c30-26(33-17-24-22-9-3-1-7-20(22)21-8-2-4-10-23(21)24)29-18-13-27(31,14-19(29)16-32-15-18)25-11-5-6-12-28-25/h1-12,18-19,24,31H,13-17H2. The third-order valence-electron chi connectivity index (χ3n) is 7.24. The van der Waals surface area contributed by atoms with E-state index in [-0.39, 0.29) is 30.7 Å². The van der Waals surface area contributed by atoms with E-state index in [9.17, 15) is 9.90 Å². The van der Waals surface area contributed by atoms with E-state index >= 15 is 0 Å². The average molecular weight is 443 g/mol. The van der Waals surface area contributed by atoms with E-state index in [0.717, 1.165) is 0 Å². The SMILES string of the molecule is O=C(OCC1c2ccccc2-c2ccccc21)N1C2COCC1CC(O)(c1ccccn1)C2. The highest BCUT2D eigenvalue weighted by molar-refractivity contribution is 5.79. The normalized spacial score (nSPS) is 25.9. The minimum Gasteiger partial charge on any atom is -0.448 e. The maximum atomic E-state index is 13.3. The van der Waals surface area contributed by atoms with Crippen molar-refractivity contribution in [1.82, 2.24) is 9.88 Å². The molecule has 1 aromatic heterocycles. The Morgan fingerprint density at radius 1 is 0.970 bits per heavy atom. The maximum Gasteiger partial charge on any atom is 0.410 e. The first-order chi connectivity index (χ1) is 16.1. The summed E-state index contributed by atoms with van der Waals surface area (Å²) in [6, 6.07) is 21.7. The fraction of sp³-hybridized carbons (Fsp3) is 0.333. The summed E-state index contributed by atoms with van der Waals surface area (Å²) < 4.78 is 11.7. The molecular formula is C27H26N2O4. The number of carbonyl (C=O) groups is 1. The number of hydrogen-bond acceptors (Lipinski definition) is 5. The van der Waals surface area contributed by atoms with E-state index in [2.05, 4.69) is 29.2 Å². The lowest BCUT2D eigenvalue weighted by Gasteiger charge is -2.50. The lowest BCUT2D eigenvalue weighted by Crippen LogP contribution is -2.62. The van der Waals surface area contributed by atoms with Crippen LogP contribution in [-0.4, -0.2) is 53.0 Å². The predicted molar refractivity (Wildman–Crippen MR) is 123 cm³/mol. The number of ether oxygens (including phenoxy) is 2. The van der Waals surface area contributed by atoms with E-state index < -0.39 is 5.60 Å². The summed E-state index contributed by atoms with van der Waals surface area (Å²) in [6.45, 7) is 1.06. The lowest BCUT2D eigenvalue weighted by atomic mass is 9.79. The maximum absolute atomic E-state index is 13.3. The topological polar surface area (TPSA) is 71.9 Å². The summed E-state index contributed by atoms with van der Waals surface area (Å²) in [5.41, 5.74) is 4.38. The quantitative estimate of drug-likeness (QED) is 0.662. The smallest absolute Gasteiger partial charge is 0.410 e. The van der Waals surface area contributed by atoms with Gasteiger partial charge in [-0.25, -0.2) is 4.79 Å². The molecule has 0 spiro atoms. The zero-order valence-corrected chi connectivity index (χ0v) is 18.3. The summed E-state index contributed by atoms with van der Waals surface area (Å²) >= 11 is 0. The number of morpholine rings is 1. The minimum atomic E-state index is -1.07. The highest BCUT2D eigenvalue weighted by Gasteiger charge is 2.50. The summed E-state index contributed by atoms with van der Waals surface area (Å²) in [7, 11) is 0. The zero-order valence-electron chi connectivity index (χ0n) is 18.3. The van der Waals surface area contributed by atoms with Crippen molar-refractivity contribution in [3.05, 3.63) is 89.7 Å². The first-order valence-corrected chi connectivity index (χ1v) is 11.5. The summed E-state index contributed by atoms with van der Waals surface area (Å²) in [4.78, 5) is 19.5. The molecule has 0 saturated carbocycles. The van der Waals surface area contributed by atoms with Gasteiger partial charge in [0.15, 0.2) is 0 Å². The number of fused-ring (bicyclic) bond motifs is 5. The summed E-state index contributed by atoms with van der Waals surface area (Å²) in [5.74, 6) is 0.0210. The number of hydrogen-bond donors (Lipinski definition) is 1. The molecular weight excluding hydrogens is 416 g/mol. The van der Waals surface area contributed by atoms with Crippen molar-refractivity contribution < 1.29 is 19.4 Å². The molecule has 1 N–H and O–H groups in total. The molecule has 2 saturated heterocycles. The monoisotopic (exact) mass is 442 g/mol. The molecule has 2 aliphatic heterocycles. The zero-order chi connectivity index (χ0) is 22.4. The Hall–Kier alpha value is -3.22. The Morgan fingerprint density at radius 3 is 2.18 bits per heavy atom. The molecule has 1 amide bonds. The molecule has 6 rings (SSSR count). The molecule has 33 heavy (non-hydrogen) atoms. The molecule has 0 radical (unpaired) electrons. The van der Waals surface area contributed by atoms with Gasteiger partial charge in [0.25, 0.3) is 0 Å². The lowest BCUT2D eigenvalue weighted by molar-refractivity contribution is -0.137. The van der Waals surface area contributed by atoms with Crippen LogP contribution >= 0.6 is 0 Å². The molecule has 3 aliphatic rings. The van der Waals surface area contributed by atoms with Crippen LogP contribution in [0.3, 0.4) is 0 Å². The van der Waals surface area contributed by atoms with Gasteiger partial charge in [-0.3, -0.25) is 9.88 Å². The van der Waals surface area contributed by atoms with Gasteiger partial charge in [-0.15, -0.1) is 0 Å². The number of pyridine rings is 1. The van der Waals surface area contributed by atoms with Crippen molar-refractivity contribution in [3.63, 3.8) is 0 Å². The van der Waals surface area contributed by atoms with Crippen molar-refractivity contribution >= 4 is 6.09 Å². The second-order valence-electron chi connectivity index (χ2n) is 9.21. The first kappa shape index (κ1) is 20.4. The number of amides is 1. The van der Waals surface area contributed by atoms with E-state index in [1.54, 1.807) is 11.1 Å². The molecule has 3 aromatic rings. The Balaban J connectivity index is 1.21. The molecule has 1 aliphatic carbocycles. The predicted octanol–water partition coefficient (Wildman–Crippen LogP) is 4.08. The number of aliphatic hydroxyl groups is 1. The van der Waals surface area contributed by atoms with Crippen LogP contribution in [0.5, 0.6) is 0 Å². The number of carbonyl (C=O) groups excluding carboxylic acids is 1. The second kappa shape index (κ2) is 7.97. The number of benzene rings is 2. The first-order valence-electron chi connectivity index (χ1n) is 11.5. The molecule has 2 fully saturated rings. The van der Waals surface area contributed by atoms with Gasteiger partial charge in [0.2, 0.25) is 0 Å². The Morgan fingerprint density at radius 2 is 1.58 bits per heavy atom. The van der Waals surface area contributed by atoms with Gasteiger partial charge in [-0.1, -0.05) is 54.6 Å². The highest BCUT2D eigenvalue weighted by atomic mass is 16.6. The summed E-state index contributed by atoms with van der Waals surface area (Å²) in [6.07, 6.45) is 2.12. The van der Waals surface area contributed by atoms with Crippen LogP contribution in [0.15, 0.2) is 72.9 Å². The van der Waals surface area contributed by atoms with E-state index in [0.29, 0.717) is 31.7 Å². The van der Waals surface area contributed by atoms with Gasteiger partial charge < -0.3 is 14.6 Å². The second-order valence-corrected chi connectivity index (χ2v) is 9.21. The van der Waals surface area contributed by atoms with Crippen molar-refractivity contribution in [1.29, 1.82) is 0 Å². The number of aromatic nitrogens is 1. The molecule has 2 atom stereocenters. The van der Waals surface area contributed by atoms with E-state index in [1.165, 1.54) is 22.3 Å². The van der Waals surface area contributed by atoms with Crippen LogP contribution in [0.4, 0.5) is 4.79 Å². The number of rotatable bonds is 3. The van der Waals surface area contributed by atoms with Crippen LogP contribution in [0.25, 0.3) is 11.1 Å². The van der Waals surface area contributed by atoms with Gasteiger partial charge in [0.05, 0.1) is 31.0 Å². The molecule has 2 aromatic carbocycles. The third-order valence-corrected chi connectivity index (χ3v) is 7.24. The van der Waals surface area contributed by atoms with Gasteiger partial charge in [-0.05, 0) is 34.4 Å². The highest BCUT2D eigenvalue weighted by Crippen LogP contribution is 2.45. The van der Waals surface area contributed by atoms with Gasteiger partial charge in [0.1, 0.15) is 12.2 Å². The molecule has 6 heteroatoms. The Kier molecular flexibility index (Phi) is 4.93.